The Morgan fingerprint density at radius 2 is 1.96 bits per heavy atom. The third kappa shape index (κ3) is 3.15. The van der Waals surface area contributed by atoms with Gasteiger partial charge in [0.25, 0.3) is 0 Å². The molecule has 1 aromatic carbocycles. The number of rotatable bonds is 4. The van der Waals surface area contributed by atoms with E-state index >= 15 is 0 Å². The number of benzene rings is 1. The average Bonchev–Trinajstić information content (AvgIpc) is 3.00. The van der Waals surface area contributed by atoms with E-state index < -0.39 is 0 Å². The number of nitrogens with zero attached hydrogens (tertiary/aromatic N) is 2. The first-order valence-electron chi connectivity index (χ1n) is 8.87. The molecule has 1 saturated heterocycles. The lowest BCUT2D eigenvalue weighted by molar-refractivity contribution is 0.313. The topological polar surface area (TPSA) is 42.2 Å². The smallest absolute Gasteiger partial charge is 0.152 e. The molecule has 2 heterocycles. The van der Waals surface area contributed by atoms with E-state index in [4.69, 9.17) is 5.73 Å². The lowest BCUT2D eigenvalue weighted by Crippen LogP contribution is -2.23. The summed E-state index contributed by atoms with van der Waals surface area (Å²) >= 11 is 0. The zero-order valence-corrected chi connectivity index (χ0v) is 16.0. The van der Waals surface area contributed by atoms with E-state index in [1.807, 2.05) is 18.3 Å². The lowest BCUT2D eigenvalue weighted by atomic mass is 9.85. The Morgan fingerprint density at radius 3 is 2.58 bits per heavy atom. The first-order valence-corrected chi connectivity index (χ1v) is 9.45. The Kier molecular flexibility index (Phi) is 5.10. The predicted octanol–water partition coefficient (Wildman–Crippen LogP) is 3.95. The Morgan fingerprint density at radius 1 is 1.21 bits per heavy atom. The van der Waals surface area contributed by atoms with Gasteiger partial charge in [-0.25, -0.2) is 4.98 Å². The Bertz CT molecular complexity index is 714. The van der Waals surface area contributed by atoms with Crippen molar-refractivity contribution < 1.29 is 0 Å². The van der Waals surface area contributed by atoms with Gasteiger partial charge in [-0.05, 0) is 34.7 Å². The molecule has 1 fully saturated rings. The van der Waals surface area contributed by atoms with Gasteiger partial charge in [-0.3, -0.25) is 0 Å². The first-order chi connectivity index (χ1) is 11.5. The van der Waals surface area contributed by atoms with Crippen molar-refractivity contribution >= 4 is 26.0 Å². The van der Waals surface area contributed by atoms with E-state index in [1.54, 1.807) is 0 Å². The highest BCUT2D eigenvalue weighted by Crippen LogP contribution is 2.38. The van der Waals surface area contributed by atoms with Crippen molar-refractivity contribution in [1.82, 2.24) is 4.98 Å². The summed E-state index contributed by atoms with van der Waals surface area (Å²) < 4.78 is 0. The van der Waals surface area contributed by atoms with Gasteiger partial charge in [0.05, 0.1) is 5.69 Å². The molecule has 0 bridgehead atoms. The number of nitrogens with two attached hydrogens (primary N) is 1. The molecule has 0 radical (unpaired) electrons. The SMILES string of the molecule is CCC1CN(c2nccc(-c3ccccc3P)c2N)CC1C(C)C. The summed E-state index contributed by atoms with van der Waals surface area (Å²) in [5.74, 6) is 3.08. The van der Waals surface area contributed by atoms with E-state index in [-0.39, 0.29) is 0 Å². The van der Waals surface area contributed by atoms with E-state index in [0.717, 1.165) is 46.9 Å². The minimum Gasteiger partial charge on any atom is -0.395 e. The fraction of sp³-hybridized carbons (Fsp3) is 0.450. The average molecular weight is 341 g/mol. The fourth-order valence-corrected chi connectivity index (χ4v) is 4.31. The molecule has 0 saturated carbocycles. The normalized spacial score (nSPS) is 20.8. The summed E-state index contributed by atoms with van der Waals surface area (Å²) in [6.07, 6.45) is 3.11. The van der Waals surface area contributed by atoms with Gasteiger partial charge >= 0.3 is 0 Å². The third-order valence-corrected chi connectivity index (χ3v) is 5.90. The van der Waals surface area contributed by atoms with Gasteiger partial charge < -0.3 is 10.6 Å². The summed E-state index contributed by atoms with van der Waals surface area (Å²) in [6.45, 7) is 9.06. The van der Waals surface area contributed by atoms with Crippen LogP contribution in [0.15, 0.2) is 36.5 Å². The maximum Gasteiger partial charge on any atom is 0.152 e. The van der Waals surface area contributed by atoms with Crippen LogP contribution < -0.4 is 15.9 Å². The number of hydrogen-bond acceptors (Lipinski definition) is 3. The van der Waals surface area contributed by atoms with Crippen LogP contribution in [0.25, 0.3) is 11.1 Å². The highest BCUT2D eigenvalue weighted by atomic mass is 31.0. The summed E-state index contributed by atoms with van der Waals surface area (Å²) in [6, 6.07) is 10.3. The molecule has 0 spiro atoms. The largest absolute Gasteiger partial charge is 0.395 e. The second-order valence-corrected chi connectivity index (χ2v) is 7.79. The van der Waals surface area contributed by atoms with Crippen molar-refractivity contribution in [2.24, 2.45) is 17.8 Å². The van der Waals surface area contributed by atoms with Crippen LogP contribution in [-0.4, -0.2) is 18.1 Å². The highest BCUT2D eigenvalue weighted by molar-refractivity contribution is 7.28. The van der Waals surface area contributed by atoms with Gasteiger partial charge in [0.2, 0.25) is 0 Å². The van der Waals surface area contributed by atoms with Crippen LogP contribution >= 0.6 is 9.24 Å². The highest BCUT2D eigenvalue weighted by Gasteiger charge is 2.34. The molecule has 1 aromatic heterocycles. The van der Waals surface area contributed by atoms with Gasteiger partial charge in [0, 0.05) is 24.8 Å². The molecule has 3 atom stereocenters. The van der Waals surface area contributed by atoms with Crippen LogP contribution in [-0.2, 0) is 0 Å². The van der Waals surface area contributed by atoms with Crippen LogP contribution in [0, 0.1) is 17.8 Å². The molecule has 1 aliphatic heterocycles. The van der Waals surface area contributed by atoms with Gasteiger partial charge in [-0.15, -0.1) is 9.24 Å². The molecule has 2 aromatic rings. The number of aromatic nitrogens is 1. The summed E-state index contributed by atoms with van der Waals surface area (Å²) in [7, 11) is 2.80. The molecule has 1 aliphatic rings. The van der Waals surface area contributed by atoms with E-state index in [1.165, 1.54) is 6.42 Å². The van der Waals surface area contributed by atoms with Crippen molar-refractivity contribution in [3.63, 3.8) is 0 Å². The number of pyridine rings is 1. The van der Waals surface area contributed by atoms with E-state index in [2.05, 4.69) is 58.1 Å². The lowest BCUT2D eigenvalue weighted by Gasteiger charge is -2.22. The molecule has 0 amide bonds. The quantitative estimate of drug-likeness (QED) is 0.856. The van der Waals surface area contributed by atoms with Crippen molar-refractivity contribution in [3.05, 3.63) is 36.5 Å². The minimum absolute atomic E-state index is 0.692. The number of nitrogen functional groups attached to an aromatic ring is 1. The van der Waals surface area contributed by atoms with E-state index in [9.17, 15) is 0 Å². The van der Waals surface area contributed by atoms with Gasteiger partial charge in [-0.2, -0.15) is 0 Å². The minimum atomic E-state index is 0.692. The van der Waals surface area contributed by atoms with Crippen LogP contribution in [0.1, 0.15) is 27.2 Å². The summed E-state index contributed by atoms with van der Waals surface area (Å²) in [5, 5.41) is 1.16. The predicted molar refractivity (Wildman–Crippen MR) is 108 cm³/mol. The Labute approximate surface area is 147 Å². The van der Waals surface area contributed by atoms with Crippen molar-refractivity contribution in [2.45, 2.75) is 27.2 Å². The summed E-state index contributed by atoms with van der Waals surface area (Å²) in [4.78, 5) is 7.02. The zero-order chi connectivity index (χ0) is 17.3. The molecule has 4 heteroatoms. The van der Waals surface area contributed by atoms with Crippen molar-refractivity contribution in [2.75, 3.05) is 23.7 Å². The fourth-order valence-electron chi connectivity index (χ4n) is 3.95. The molecule has 3 rings (SSSR count). The van der Waals surface area contributed by atoms with Crippen LogP contribution in [0.3, 0.4) is 0 Å². The van der Waals surface area contributed by atoms with Gasteiger partial charge in [0.15, 0.2) is 5.82 Å². The van der Waals surface area contributed by atoms with Crippen molar-refractivity contribution in [3.8, 4) is 11.1 Å². The second-order valence-electron chi connectivity index (χ2n) is 7.16. The Balaban J connectivity index is 1.96. The molecule has 0 aliphatic carbocycles. The second kappa shape index (κ2) is 7.11. The zero-order valence-electron chi connectivity index (χ0n) is 14.9. The standard InChI is InChI=1S/C20H28N3P/c1-4-14-11-23(12-17(14)13(2)3)20-19(21)16(9-10-22-20)15-7-5-6-8-18(15)24/h5-10,13-14,17H,4,11-12,21,24H2,1-3H3. The monoisotopic (exact) mass is 341 g/mol. The molecular formula is C20H28N3P. The third-order valence-electron chi connectivity index (χ3n) is 5.39. The Hall–Kier alpha value is -1.60. The van der Waals surface area contributed by atoms with Gasteiger partial charge in [-0.1, -0.05) is 51.5 Å². The van der Waals surface area contributed by atoms with Crippen LogP contribution in [0.5, 0.6) is 0 Å². The molecule has 24 heavy (non-hydrogen) atoms. The van der Waals surface area contributed by atoms with Gasteiger partial charge in [0.1, 0.15) is 0 Å². The van der Waals surface area contributed by atoms with E-state index in [0.29, 0.717) is 11.8 Å². The summed E-state index contributed by atoms with van der Waals surface area (Å²) in [5.41, 5.74) is 9.59. The first kappa shape index (κ1) is 17.2. The molecule has 2 N–H and O–H groups in total. The maximum atomic E-state index is 6.56. The van der Waals surface area contributed by atoms with Crippen molar-refractivity contribution in [1.29, 1.82) is 0 Å². The number of hydrogen-bond donors (Lipinski definition) is 1. The van der Waals surface area contributed by atoms with Crippen LogP contribution in [0.4, 0.5) is 11.5 Å². The molecule has 128 valence electrons. The molecular weight excluding hydrogens is 313 g/mol. The molecule has 3 unspecified atom stereocenters. The number of anilines is 2. The van der Waals surface area contributed by atoms with Crippen LogP contribution in [0.2, 0.25) is 0 Å². The maximum absolute atomic E-state index is 6.56. The molecule has 3 nitrogen and oxygen atoms in total.